The van der Waals surface area contributed by atoms with Gasteiger partial charge in [0.15, 0.2) is 5.96 Å². The fourth-order valence-electron chi connectivity index (χ4n) is 1.22. The van der Waals surface area contributed by atoms with Crippen molar-refractivity contribution in [3.05, 3.63) is 18.0 Å². The van der Waals surface area contributed by atoms with Crippen LogP contribution in [0.3, 0.4) is 0 Å². The van der Waals surface area contributed by atoms with Gasteiger partial charge in [-0.15, -0.1) is 0 Å². The van der Waals surface area contributed by atoms with Gasteiger partial charge in [0.05, 0.1) is 12.7 Å². The molecule has 5 nitrogen and oxygen atoms in total. The first-order valence-electron chi connectivity index (χ1n) is 5.60. The summed E-state index contributed by atoms with van der Waals surface area (Å²) >= 11 is 0. The van der Waals surface area contributed by atoms with Gasteiger partial charge in [-0.3, -0.25) is 9.67 Å². The van der Waals surface area contributed by atoms with E-state index in [0.717, 1.165) is 19.6 Å². The molecule has 1 aromatic heterocycles. The second kappa shape index (κ2) is 6.15. The van der Waals surface area contributed by atoms with Crippen LogP contribution in [0.5, 0.6) is 0 Å². The molecule has 0 aliphatic rings. The minimum Gasteiger partial charge on any atom is -0.370 e. The van der Waals surface area contributed by atoms with Gasteiger partial charge in [0.1, 0.15) is 0 Å². The third-order valence-corrected chi connectivity index (χ3v) is 2.04. The summed E-state index contributed by atoms with van der Waals surface area (Å²) < 4.78 is 1.89. The van der Waals surface area contributed by atoms with Gasteiger partial charge in [-0.2, -0.15) is 5.10 Å². The van der Waals surface area contributed by atoms with Crippen LogP contribution in [0.25, 0.3) is 0 Å². The molecule has 0 amide bonds. The summed E-state index contributed by atoms with van der Waals surface area (Å²) in [6.45, 7) is 8.56. The van der Waals surface area contributed by atoms with E-state index in [4.69, 9.17) is 5.73 Å². The maximum Gasteiger partial charge on any atom is 0.188 e. The Morgan fingerprint density at radius 3 is 2.94 bits per heavy atom. The van der Waals surface area contributed by atoms with E-state index < -0.39 is 0 Å². The molecule has 0 atom stereocenters. The number of guanidine groups is 1. The number of nitrogens with two attached hydrogens (primary N) is 1. The molecule has 0 aliphatic carbocycles. The van der Waals surface area contributed by atoms with Crippen LogP contribution < -0.4 is 11.1 Å². The number of aromatic nitrogens is 2. The van der Waals surface area contributed by atoms with Crippen molar-refractivity contribution in [2.75, 3.05) is 13.1 Å². The lowest BCUT2D eigenvalue weighted by Gasteiger charge is -2.06. The van der Waals surface area contributed by atoms with Crippen LogP contribution in [-0.4, -0.2) is 28.8 Å². The summed E-state index contributed by atoms with van der Waals surface area (Å²) in [7, 11) is 0. The van der Waals surface area contributed by atoms with E-state index in [-0.39, 0.29) is 0 Å². The molecular formula is C11H21N5. The molecule has 1 heterocycles. The molecule has 0 bridgehead atoms. The Hall–Kier alpha value is -1.52. The number of hydrogen-bond acceptors (Lipinski definition) is 2. The van der Waals surface area contributed by atoms with E-state index >= 15 is 0 Å². The predicted octanol–water partition coefficient (Wildman–Crippen LogP) is 0.752. The number of rotatable bonds is 5. The summed E-state index contributed by atoms with van der Waals surface area (Å²) in [5, 5.41) is 7.25. The van der Waals surface area contributed by atoms with Gasteiger partial charge in [0, 0.05) is 19.3 Å². The van der Waals surface area contributed by atoms with E-state index in [1.54, 1.807) is 0 Å². The number of aryl methyl sites for hydroxylation is 1. The van der Waals surface area contributed by atoms with Crippen LogP contribution in [0.4, 0.5) is 0 Å². The highest BCUT2D eigenvalue weighted by Crippen LogP contribution is 1.93. The van der Waals surface area contributed by atoms with E-state index in [9.17, 15) is 0 Å². The maximum atomic E-state index is 5.70. The van der Waals surface area contributed by atoms with Gasteiger partial charge in [-0.1, -0.05) is 13.8 Å². The van der Waals surface area contributed by atoms with Crippen LogP contribution in [0.15, 0.2) is 17.4 Å². The average molecular weight is 223 g/mol. The molecule has 0 spiro atoms. The van der Waals surface area contributed by atoms with Crippen LogP contribution in [0.2, 0.25) is 0 Å². The first-order valence-corrected chi connectivity index (χ1v) is 5.60. The first kappa shape index (κ1) is 12.5. The van der Waals surface area contributed by atoms with Crippen molar-refractivity contribution < 1.29 is 0 Å². The smallest absolute Gasteiger partial charge is 0.188 e. The minimum atomic E-state index is 0.512. The topological polar surface area (TPSA) is 68.2 Å². The summed E-state index contributed by atoms with van der Waals surface area (Å²) in [6, 6.07) is 0. The molecule has 1 rings (SSSR count). The van der Waals surface area contributed by atoms with Gasteiger partial charge in [-0.25, -0.2) is 0 Å². The molecule has 0 unspecified atom stereocenters. The average Bonchev–Trinajstić information content (AvgIpc) is 2.61. The molecule has 0 fully saturated rings. The zero-order valence-electron chi connectivity index (χ0n) is 10.3. The fourth-order valence-corrected chi connectivity index (χ4v) is 1.22. The SMILES string of the molecule is Cc1cnn(CCNC(N)=NCC(C)C)c1. The summed E-state index contributed by atoms with van der Waals surface area (Å²) in [4.78, 5) is 4.21. The Morgan fingerprint density at radius 2 is 2.38 bits per heavy atom. The molecule has 1 aromatic rings. The lowest BCUT2D eigenvalue weighted by atomic mass is 10.2. The highest BCUT2D eigenvalue weighted by Gasteiger charge is 1.96. The molecule has 0 aromatic carbocycles. The van der Waals surface area contributed by atoms with Crippen molar-refractivity contribution >= 4 is 5.96 Å². The monoisotopic (exact) mass is 223 g/mol. The van der Waals surface area contributed by atoms with Crippen molar-refractivity contribution in [2.24, 2.45) is 16.6 Å². The van der Waals surface area contributed by atoms with E-state index in [1.807, 2.05) is 24.0 Å². The van der Waals surface area contributed by atoms with Gasteiger partial charge >= 0.3 is 0 Å². The van der Waals surface area contributed by atoms with Gasteiger partial charge < -0.3 is 11.1 Å². The molecule has 0 radical (unpaired) electrons. The quantitative estimate of drug-likeness (QED) is 0.572. The molecule has 5 heteroatoms. The van der Waals surface area contributed by atoms with Crippen molar-refractivity contribution in [1.29, 1.82) is 0 Å². The molecule has 16 heavy (non-hydrogen) atoms. The number of hydrogen-bond donors (Lipinski definition) is 2. The molecule has 0 aliphatic heterocycles. The van der Waals surface area contributed by atoms with Gasteiger partial charge in [0.25, 0.3) is 0 Å². The molecule has 90 valence electrons. The zero-order valence-corrected chi connectivity index (χ0v) is 10.3. The lowest BCUT2D eigenvalue weighted by molar-refractivity contribution is 0.599. The number of aliphatic imine (C=N–C) groups is 1. The fraction of sp³-hybridized carbons (Fsp3) is 0.636. The highest BCUT2D eigenvalue weighted by molar-refractivity contribution is 5.77. The van der Waals surface area contributed by atoms with E-state index in [2.05, 4.69) is 29.3 Å². The van der Waals surface area contributed by atoms with Crippen LogP contribution in [0, 0.1) is 12.8 Å². The van der Waals surface area contributed by atoms with Crippen molar-refractivity contribution in [2.45, 2.75) is 27.3 Å². The Labute approximate surface area is 96.7 Å². The Bertz CT molecular complexity index is 340. The third-order valence-electron chi connectivity index (χ3n) is 2.04. The standard InChI is InChI=1S/C11H21N5/c1-9(2)6-14-11(12)13-4-5-16-8-10(3)7-15-16/h7-9H,4-6H2,1-3H3,(H3,12,13,14). The second-order valence-electron chi connectivity index (χ2n) is 4.33. The van der Waals surface area contributed by atoms with Gasteiger partial charge in [-0.05, 0) is 18.4 Å². The molecule has 0 saturated heterocycles. The van der Waals surface area contributed by atoms with Crippen molar-refractivity contribution in [3.8, 4) is 0 Å². The molecular weight excluding hydrogens is 202 g/mol. The normalized spacial score (nSPS) is 12.1. The molecule has 0 saturated carbocycles. The van der Waals surface area contributed by atoms with E-state index in [1.165, 1.54) is 5.56 Å². The zero-order chi connectivity index (χ0) is 12.0. The van der Waals surface area contributed by atoms with Crippen molar-refractivity contribution in [3.63, 3.8) is 0 Å². The minimum absolute atomic E-state index is 0.512. The first-order chi connectivity index (χ1) is 7.58. The Balaban J connectivity index is 2.22. The summed E-state index contributed by atoms with van der Waals surface area (Å²) in [5.41, 5.74) is 6.87. The Morgan fingerprint density at radius 1 is 1.62 bits per heavy atom. The maximum absolute atomic E-state index is 5.70. The van der Waals surface area contributed by atoms with Gasteiger partial charge in [0.2, 0.25) is 0 Å². The number of nitrogens with zero attached hydrogens (tertiary/aromatic N) is 3. The third kappa shape index (κ3) is 4.82. The molecule has 3 N–H and O–H groups in total. The van der Waals surface area contributed by atoms with Crippen LogP contribution in [-0.2, 0) is 6.54 Å². The predicted molar refractivity (Wildman–Crippen MR) is 66.3 cm³/mol. The largest absolute Gasteiger partial charge is 0.370 e. The summed E-state index contributed by atoms with van der Waals surface area (Å²) in [6.07, 6.45) is 3.85. The highest BCUT2D eigenvalue weighted by atomic mass is 15.3. The van der Waals surface area contributed by atoms with Crippen molar-refractivity contribution in [1.82, 2.24) is 15.1 Å². The lowest BCUT2D eigenvalue weighted by Crippen LogP contribution is -2.34. The van der Waals surface area contributed by atoms with E-state index in [0.29, 0.717) is 11.9 Å². The van der Waals surface area contributed by atoms with Crippen LogP contribution >= 0.6 is 0 Å². The second-order valence-corrected chi connectivity index (χ2v) is 4.33. The van der Waals surface area contributed by atoms with Crippen LogP contribution in [0.1, 0.15) is 19.4 Å². The summed E-state index contributed by atoms with van der Waals surface area (Å²) in [5.74, 6) is 1.05. The Kier molecular flexibility index (Phi) is 4.82. The number of nitrogens with one attached hydrogen (secondary N) is 1.